The Morgan fingerprint density at radius 1 is 0.704 bits per heavy atom. The maximum atomic E-state index is 11.3. The number of hydrogen-bond acceptors (Lipinski definition) is 5. The van der Waals surface area contributed by atoms with Crippen molar-refractivity contribution in [1.29, 1.82) is 0 Å². The molecule has 0 atom stereocenters. The molecule has 0 heterocycles. The van der Waals surface area contributed by atoms with Crippen molar-refractivity contribution in [3.63, 3.8) is 0 Å². The fourth-order valence-electron chi connectivity index (χ4n) is 2.74. The van der Waals surface area contributed by atoms with E-state index in [2.05, 4.69) is 4.90 Å². The van der Waals surface area contributed by atoms with Gasteiger partial charge in [-0.15, -0.1) is 0 Å². The van der Waals surface area contributed by atoms with E-state index in [1.807, 2.05) is 72.8 Å². The van der Waals surface area contributed by atoms with Gasteiger partial charge in [-0.05, 0) is 72.8 Å². The van der Waals surface area contributed by atoms with E-state index in [9.17, 15) is 4.79 Å². The zero-order valence-electron chi connectivity index (χ0n) is 15.5. The van der Waals surface area contributed by atoms with Crippen molar-refractivity contribution in [3.05, 3.63) is 72.8 Å². The van der Waals surface area contributed by atoms with Crippen LogP contribution >= 0.6 is 11.8 Å². The van der Waals surface area contributed by atoms with Gasteiger partial charge in [-0.2, -0.15) is 0 Å². The van der Waals surface area contributed by atoms with Crippen LogP contribution in [0, 0.1) is 0 Å². The van der Waals surface area contributed by atoms with Crippen LogP contribution in [0.3, 0.4) is 0 Å². The molecule has 0 amide bonds. The molecule has 0 aromatic heterocycles. The monoisotopic (exact) mass is 379 g/mol. The van der Waals surface area contributed by atoms with Gasteiger partial charge in [0.2, 0.25) is 0 Å². The molecule has 0 radical (unpaired) electrons. The van der Waals surface area contributed by atoms with Gasteiger partial charge in [0.15, 0.2) is 5.12 Å². The van der Waals surface area contributed by atoms with Crippen molar-refractivity contribution in [3.8, 4) is 11.5 Å². The molecule has 0 saturated heterocycles. The van der Waals surface area contributed by atoms with Gasteiger partial charge < -0.3 is 14.4 Å². The zero-order valence-corrected chi connectivity index (χ0v) is 16.3. The second kappa shape index (κ2) is 8.64. The maximum Gasteiger partial charge on any atom is 0.190 e. The first kappa shape index (κ1) is 18.9. The highest BCUT2D eigenvalue weighted by atomic mass is 32.2. The second-order valence-corrected chi connectivity index (χ2v) is 7.07. The number of hydrogen-bond donors (Lipinski definition) is 0. The molecule has 0 aliphatic rings. The van der Waals surface area contributed by atoms with Crippen molar-refractivity contribution in [2.75, 3.05) is 19.1 Å². The lowest BCUT2D eigenvalue weighted by molar-refractivity contribution is -0.109. The molecule has 0 aliphatic carbocycles. The third kappa shape index (κ3) is 4.63. The number of rotatable bonds is 6. The number of methoxy groups -OCH3 is 2. The van der Waals surface area contributed by atoms with Gasteiger partial charge in [0.1, 0.15) is 11.5 Å². The Labute approximate surface area is 163 Å². The Hall–Kier alpha value is -2.92. The summed E-state index contributed by atoms with van der Waals surface area (Å²) in [5, 5.41) is 0.0740. The van der Waals surface area contributed by atoms with E-state index in [0.717, 1.165) is 33.5 Å². The molecule has 5 heteroatoms. The van der Waals surface area contributed by atoms with E-state index in [4.69, 9.17) is 9.47 Å². The second-order valence-electron chi connectivity index (χ2n) is 5.82. The zero-order chi connectivity index (χ0) is 19.2. The van der Waals surface area contributed by atoms with Crippen LogP contribution in [0.25, 0.3) is 0 Å². The largest absolute Gasteiger partial charge is 0.497 e. The summed E-state index contributed by atoms with van der Waals surface area (Å²) >= 11 is 1.23. The summed E-state index contributed by atoms with van der Waals surface area (Å²) in [5.74, 6) is 1.61. The third-order valence-electron chi connectivity index (χ3n) is 4.02. The molecule has 0 N–H and O–H groups in total. The number of carbonyl (C=O) groups excluding carboxylic acids is 1. The first-order valence-corrected chi connectivity index (χ1v) is 9.29. The Morgan fingerprint density at radius 3 is 1.41 bits per heavy atom. The Balaban J connectivity index is 2.01. The number of anilines is 3. The normalized spacial score (nSPS) is 10.3. The fourth-order valence-corrected chi connectivity index (χ4v) is 3.34. The lowest BCUT2D eigenvalue weighted by Crippen LogP contribution is -2.09. The van der Waals surface area contributed by atoms with Gasteiger partial charge in [-0.1, -0.05) is 11.8 Å². The summed E-state index contributed by atoms with van der Waals surface area (Å²) in [5.41, 5.74) is 3.01. The fraction of sp³-hybridized carbons (Fsp3) is 0.136. The van der Waals surface area contributed by atoms with E-state index in [1.54, 1.807) is 21.1 Å². The highest BCUT2D eigenvalue weighted by Crippen LogP contribution is 2.36. The topological polar surface area (TPSA) is 38.8 Å². The molecule has 27 heavy (non-hydrogen) atoms. The average Bonchev–Trinajstić information content (AvgIpc) is 2.70. The standard InChI is InChI=1S/C22H21NO3S/c1-16(24)27-22-14-8-19(9-15-22)23(17-4-10-20(25-2)11-5-17)18-6-12-21(26-3)13-7-18/h4-15H,1-3H3. The minimum absolute atomic E-state index is 0.0740. The summed E-state index contributed by atoms with van der Waals surface area (Å²) in [6.45, 7) is 1.57. The summed E-state index contributed by atoms with van der Waals surface area (Å²) in [6, 6.07) is 23.8. The molecule has 0 spiro atoms. The van der Waals surface area contributed by atoms with Crippen molar-refractivity contribution in [1.82, 2.24) is 0 Å². The molecule has 0 unspecified atom stereocenters. The van der Waals surface area contributed by atoms with Crippen LogP contribution in [0.15, 0.2) is 77.7 Å². The maximum absolute atomic E-state index is 11.3. The smallest absolute Gasteiger partial charge is 0.190 e. The van der Waals surface area contributed by atoms with Gasteiger partial charge in [0.25, 0.3) is 0 Å². The van der Waals surface area contributed by atoms with E-state index in [1.165, 1.54) is 11.8 Å². The summed E-state index contributed by atoms with van der Waals surface area (Å²) in [7, 11) is 3.31. The van der Waals surface area contributed by atoms with E-state index >= 15 is 0 Å². The van der Waals surface area contributed by atoms with Crippen LogP contribution in [0.4, 0.5) is 17.1 Å². The third-order valence-corrected chi connectivity index (χ3v) is 4.81. The predicted molar refractivity (Wildman–Crippen MR) is 111 cm³/mol. The lowest BCUT2D eigenvalue weighted by atomic mass is 10.2. The molecule has 4 nitrogen and oxygen atoms in total. The highest BCUT2D eigenvalue weighted by molar-refractivity contribution is 8.13. The molecule has 3 aromatic rings. The predicted octanol–water partition coefficient (Wildman–Crippen LogP) is 5.81. The van der Waals surface area contributed by atoms with Crippen molar-refractivity contribution < 1.29 is 14.3 Å². The molecule has 3 rings (SSSR count). The van der Waals surface area contributed by atoms with Crippen molar-refractivity contribution >= 4 is 33.9 Å². The van der Waals surface area contributed by atoms with Gasteiger partial charge in [0.05, 0.1) is 14.2 Å². The van der Waals surface area contributed by atoms with Crippen LogP contribution in [0.2, 0.25) is 0 Å². The Kier molecular flexibility index (Phi) is 6.04. The molecular weight excluding hydrogens is 358 g/mol. The minimum Gasteiger partial charge on any atom is -0.497 e. The van der Waals surface area contributed by atoms with E-state index in [-0.39, 0.29) is 5.12 Å². The summed E-state index contributed by atoms with van der Waals surface area (Å²) in [6.07, 6.45) is 0. The van der Waals surface area contributed by atoms with Crippen LogP contribution in [-0.2, 0) is 4.79 Å². The summed E-state index contributed by atoms with van der Waals surface area (Å²) < 4.78 is 10.5. The first-order chi connectivity index (χ1) is 13.1. The van der Waals surface area contributed by atoms with Crippen molar-refractivity contribution in [2.24, 2.45) is 0 Å². The number of ether oxygens (including phenoxy) is 2. The number of thioether (sulfide) groups is 1. The number of benzene rings is 3. The molecular formula is C22H21NO3S. The van der Waals surface area contributed by atoms with Gasteiger partial charge in [-0.25, -0.2) is 0 Å². The van der Waals surface area contributed by atoms with Crippen LogP contribution in [-0.4, -0.2) is 19.3 Å². The molecule has 138 valence electrons. The molecule has 0 fully saturated rings. The van der Waals surface area contributed by atoms with Crippen molar-refractivity contribution in [2.45, 2.75) is 11.8 Å². The number of carbonyl (C=O) groups is 1. The Bertz CT molecular complexity index is 843. The lowest BCUT2D eigenvalue weighted by Gasteiger charge is -2.26. The molecule has 0 saturated carbocycles. The molecule has 0 aliphatic heterocycles. The van der Waals surface area contributed by atoms with E-state index in [0.29, 0.717) is 0 Å². The quantitative estimate of drug-likeness (QED) is 0.505. The average molecular weight is 379 g/mol. The molecule has 0 bridgehead atoms. The van der Waals surface area contributed by atoms with Gasteiger partial charge in [-0.3, -0.25) is 4.79 Å². The Morgan fingerprint density at radius 2 is 1.07 bits per heavy atom. The van der Waals surface area contributed by atoms with E-state index < -0.39 is 0 Å². The highest BCUT2D eigenvalue weighted by Gasteiger charge is 2.13. The SMILES string of the molecule is COc1ccc(N(c2ccc(OC)cc2)c2ccc(SC(C)=O)cc2)cc1. The van der Waals surface area contributed by atoms with Crippen LogP contribution in [0.5, 0.6) is 11.5 Å². The number of nitrogens with zero attached hydrogens (tertiary/aromatic N) is 1. The first-order valence-electron chi connectivity index (χ1n) is 8.47. The van der Waals surface area contributed by atoms with Gasteiger partial charge in [0, 0.05) is 28.9 Å². The molecule has 3 aromatic carbocycles. The van der Waals surface area contributed by atoms with Gasteiger partial charge >= 0.3 is 0 Å². The van der Waals surface area contributed by atoms with Crippen LogP contribution < -0.4 is 14.4 Å². The summed E-state index contributed by atoms with van der Waals surface area (Å²) in [4.78, 5) is 14.4. The minimum atomic E-state index is 0.0740. The van der Waals surface area contributed by atoms with Crippen LogP contribution in [0.1, 0.15) is 6.92 Å².